The number of hydroxylamine groups is 1. The lowest BCUT2D eigenvalue weighted by Crippen LogP contribution is -2.48. The fourth-order valence-electron chi connectivity index (χ4n) is 3.02. The summed E-state index contributed by atoms with van der Waals surface area (Å²) in [5, 5.41) is 3.94. The van der Waals surface area contributed by atoms with Crippen LogP contribution in [-0.2, 0) is 19.7 Å². The minimum atomic E-state index is -4.84. The monoisotopic (exact) mass is 432 g/mol. The quantitative estimate of drug-likeness (QED) is 0.647. The third-order valence-corrected chi connectivity index (χ3v) is 6.17. The molecule has 1 heterocycles. The summed E-state index contributed by atoms with van der Waals surface area (Å²) in [5.74, 6) is -5.02. The third kappa shape index (κ3) is 3.62. The molecule has 1 aliphatic carbocycles. The standard InChI is InChI=1S/C16H18F2N4O6S/c1-3-28-15-19-16(24)21(20-15)11-8-7-9(11)14(23)22(27-2)29(25,26)12-6-4-5-10(17)13(12)18/h4-6,9,11H,3,7-8H2,1-2H3,(H,19,20,24). The maximum absolute atomic E-state index is 14.0. The first kappa shape index (κ1) is 20.9. The number of hydrogen-bond donors (Lipinski definition) is 1. The molecular weight excluding hydrogens is 414 g/mol. The van der Waals surface area contributed by atoms with E-state index in [4.69, 9.17) is 9.57 Å². The van der Waals surface area contributed by atoms with E-state index in [2.05, 4.69) is 10.1 Å². The second-order valence-corrected chi connectivity index (χ2v) is 7.89. The number of aromatic nitrogens is 3. The lowest BCUT2D eigenvalue weighted by molar-refractivity contribution is -0.162. The fraction of sp³-hybridized carbons (Fsp3) is 0.438. The van der Waals surface area contributed by atoms with Gasteiger partial charge < -0.3 is 4.74 Å². The molecule has 0 saturated heterocycles. The average Bonchev–Trinajstić information content (AvgIpc) is 2.96. The van der Waals surface area contributed by atoms with Crippen LogP contribution in [0.3, 0.4) is 0 Å². The zero-order chi connectivity index (χ0) is 21.3. The summed E-state index contributed by atoms with van der Waals surface area (Å²) in [5.41, 5.74) is -0.626. The number of amides is 1. The summed E-state index contributed by atoms with van der Waals surface area (Å²) in [6.07, 6.45) is 0.618. The second-order valence-electron chi connectivity index (χ2n) is 6.17. The predicted molar refractivity (Wildman–Crippen MR) is 93.2 cm³/mol. The maximum Gasteiger partial charge on any atom is 0.346 e. The van der Waals surface area contributed by atoms with Gasteiger partial charge >= 0.3 is 11.7 Å². The van der Waals surface area contributed by atoms with Crippen LogP contribution in [0.1, 0.15) is 25.8 Å². The fourth-order valence-corrected chi connectivity index (χ4v) is 4.34. The molecule has 0 bridgehead atoms. The van der Waals surface area contributed by atoms with Crippen LogP contribution in [0.5, 0.6) is 6.01 Å². The Balaban J connectivity index is 1.90. The van der Waals surface area contributed by atoms with Crippen molar-refractivity contribution >= 4 is 15.9 Å². The molecule has 13 heteroatoms. The number of nitrogens with one attached hydrogen (secondary N) is 1. The number of aromatic amines is 1. The number of halogens is 2. The molecule has 1 aliphatic rings. The summed E-state index contributed by atoms with van der Waals surface area (Å²) in [6.45, 7) is 1.95. The van der Waals surface area contributed by atoms with E-state index in [9.17, 15) is 26.8 Å². The van der Waals surface area contributed by atoms with Gasteiger partial charge in [-0.15, -0.1) is 9.57 Å². The molecule has 0 aliphatic heterocycles. The molecule has 0 spiro atoms. The Morgan fingerprint density at radius 2 is 2.10 bits per heavy atom. The van der Waals surface area contributed by atoms with Gasteiger partial charge in [0.05, 0.1) is 25.7 Å². The predicted octanol–water partition coefficient (Wildman–Crippen LogP) is 0.978. The number of benzene rings is 1. The van der Waals surface area contributed by atoms with E-state index >= 15 is 0 Å². The van der Waals surface area contributed by atoms with E-state index < -0.39 is 50.1 Å². The van der Waals surface area contributed by atoms with Crippen LogP contribution in [-0.4, -0.2) is 47.3 Å². The lowest BCUT2D eigenvalue weighted by atomic mass is 9.79. The molecule has 158 valence electrons. The first-order chi connectivity index (χ1) is 13.7. The van der Waals surface area contributed by atoms with Crippen molar-refractivity contribution in [1.82, 2.24) is 19.2 Å². The van der Waals surface area contributed by atoms with Gasteiger partial charge in [-0.3, -0.25) is 14.6 Å². The third-order valence-electron chi connectivity index (χ3n) is 4.53. The van der Waals surface area contributed by atoms with Crippen LogP contribution in [0.4, 0.5) is 8.78 Å². The normalized spacial score (nSPS) is 18.9. The number of ether oxygens (including phenoxy) is 1. The molecule has 2 unspecified atom stereocenters. The second kappa shape index (κ2) is 7.91. The van der Waals surface area contributed by atoms with E-state index in [1.54, 1.807) is 6.92 Å². The number of carbonyl (C=O) groups excluding carboxylic acids is 1. The van der Waals surface area contributed by atoms with E-state index in [0.717, 1.165) is 30.0 Å². The molecule has 10 nitrogen and oxygen atoms in total. The van der Waals surface area contributed by atoms with Crippen molar-refractivity contribution in [2.45, 2.75) is 30.7 Å². The van der Waals surface area contributed by atoms with Crippen LogP contribution in [0.2, 0.25) is 0 Å². The molecule has 1 aromatic carbocycles. The van der Waals surface area contributed by atoms with Gasteiger partial charge in [0.15, 0.2) is 11.6 Å². The molecule has 2 aromatic rings. The van der Waals surface area contributed by atoms with Crippen LogP contribution in [0.25, 0.3) is 0 Å². The lowest BCUT2D eigenvalue weighted by Gasteiger charge is -2.36. The Kier molecular flexibility index (Phi) is 5.71. The van der Waals surface area contributed by atoms with Gasteiger partial charge in [-0.05, 0) is 31.9 Å². The minimum Gasteiger partial charge on any atom is -0.464 e. The van der Waals surface area contributed by atoms with Crippen molar-refractivity contribution < 1.29 is 31.6 Å². The van der Waals surface area contributed by atoms with Crippen LogP contribution < -0.4 is 10.4 Å². The van der Waals surface area contributed by atoms with Crippen molar-refractivity contribution in [3.05, 3.63) is 40.3 Å². The van der Waals surface area contributed by atoms with E-state index in [-0.39, 0.29) is 23.5 Å². The van der Waals surface area contributed by atoms with Crippen LogP contribution in [0.15, 0.2) is 27.9 Å². The highest BCUT2D eigenvalue weighted by Gasteiger charge is 2.46. The molecule has 1 N–H and O–H groups in total. The summed E-state index contributed by atoms with van der Waals surface area (Å²) >= 11 is 0. The molecular formula is C16H18F2N4O6S. The van der Waals surface area contributed by atoms with E-state index in [1.165, 1.54) is 0 Å². The highest BCUT2D eigenvalue weighted by Crippen LogP contribution is 2.40. The molecule has 1 fully saturated rings. The number of hydrogen-bond acceptors (Lipinski definition) is 7. The van der Waals surface area contributed by atoms with Gasteiger partial charge in [0.1, 0.15) is 4.90 Å². The molecule has 2 atom stereocenters. The molecule has 0 radical (unpaired) electrons. The number of nitrogens with zero attached hydrogens (tertiary/aromatic N) is 3. The summed E-state index contributed by atoms with van der Waals surface area (Å²) < 4.78 is 58.9. The number of rotatable bonds is 7. The topological polar surface area (TPSA) is 124 Å². The summed E-state index contributed by atoms with van der Waals surface area (Å²) in [7, 11) is -3.93. The van der Waals surface area contributed by atoms with Gasteiger partial charge in [-0.1, -0.05) is 6.07 Å². The largest absolute Gasteiger partial charge is 0.464 e. The molecule has 1 aromatic heterocycles. The van der Waals surface area contributed by atoms with Gasteiger partial charge in [-0.2, -0.15) is 8.42 Å². The Morgan fingerprint density at radius 3 is 2.69 bits per heavy atom. The van der Waals surface area contributed by atoms with Crippen LogP contribution >= 0.6 is 0 Å². The van der Waals surface area contributed by atoms with Gasteiger partial charge in [-0.25, -0.2) is 18.3 Å². The number of sulfonamides is 1. The van der Waals surface area contributed by atoms with Crippen molar-refractivity contribution in [3.8, 4) is 6.01 Å². The molecule has 1 saturated carbocycles. The Bertz CT molecular complexity index is 1080. The highest BCUT2D eigenvalue weighted by molar-refractivity contribution is 7.89. The van der Waals surface area contributed by atoms with Gasteiger partial charge in [0, 0.05) is 0 Å². The average molecular weight is 432 g/mol. The summed E-state index contributed by atoms with van der Waals surface area (Å²) in [6, 6.07) is 1.78. The summed E-state index contributed by atoms with van der Waals surface area (Å²) in [4.78, 5) is 30.9. The molecule has 29 heavy (non-hydrogen) atoms. The number of H-pyrrole nitrogens is 1. The van der Waals surface area contributed by atoms with Crippen molar-refractivity contribution in [2.75, 3.05) is 13.7 Å². The number of carbonyl (C=O) groups is 1. The Labute approximate surface area is 164 Å². The van der Waals surface area contributed by atoms with Crippen LogP contribution in [0, 0.1) is 17.6 Å². The van der Waals surface area contributed by atoms with Gasteiger partial charge in [0.2, 0.25) is 0 Å². The molecule has 1 amide bonds. The van der Waals surface area contributed by atoms with Gasteiger partial charge in [0.25, 0.3) is 15.9 Å². The maximum atomic E-state index is 14.0. The van der Waals surface area contributed by atoms with Crippen molar-refractivity contribution in [1.29, 1.82) is 0 Å². The zero-order valence-electron chi connectivity index (χ0n) is 15.5. The highest BCUT2D eigenvalue weighted by atomic mass is 32.2. The minimum absolute atomic E-state index is 0.00280. The first-order valence-corrected chi connectivity index (χ1v) is 10.0. The smallest absolute Gasteiger partial charge is 0.346 e. The zero-order valence-corrected chi connectivity index (χ0v) is 16.3. The molecule has 3 rings (SSSR count). The van der Waals surface area contributed by atoms with E-state index in [1.807, 2.05) is 0 Å². The first-order valence-electron chi connectivity index (χ1n) is 8.61. The Hall–Kier alpha value is -2.80. The van der Waals surface area contributed by atoms with E-state index in [0.29, 0.717) is 6.42 Å². The van der Waals surface area contributed by atoms with Crippen molar-refractivity contribution in [2.24, 2.45) is 5.92 Å². The Morgan fingerprint density at radius 1 is 1.38 bits per heavy atom. The van der Waals surface area contributed by atoms with Crippen molar-refractivity contribution in [3.63, 3.8) is 0 Å². The SMILES string of the molecule is CCOc1nn(C2CCC2C(=O)N(OC)S(=O)(=O)c2cccc(F)c2F)c(=O)[nH]1.